The van der Waals surface area contributed by atoms with Crippen LogP contribution in [0.3, 0.4) is 0 Å². The van der Waals surface area contributed by atoms with E-state index in [0.717, 1.165) is 0 Å². The molecule has 8 heteroatoms. The van der Waals surface area contributed by atoms with Gasteiger partial charge in [0, 0.05) is 0 Å². The second-order valence-electron chi connectivity index (χ2n) is 4.30. The van der Waals surface area contributed by atoms with Gasteiger partial charge >= 0.3 is 0 Å². The number of phenols is 1. The van der Waals surface area contributed by atoms with Crippen LogP contribution in [-0.2, 0) is 10.1 Å². The molecule has 0 aliphatic heterocycles. The second-order valence-corrected chi connectivity index (χ2v) is 5.72. The Hall–Kier alpha value is -2.58. The van der Waals surface area contributed by atoms with Crippen LogP contribution < -0.4 is 10.2 Å². The van der Waals surface area contributed by atoms with Crippen molar-refractivity contribution in [1.82, 2.24) is 0 Å². The standard InChI is InChI=1S/C14H14N2O5S/c1-21-14-8-10(2-7-13(14)17)9-15-16-11-3-5-12(6-4-11)22(18,19)20/h2-9,16-17H,1H3,(H,18,19,20). The first-order valence-corrected chi connectivity index (χ1v) is 7.58. The van der Waals surface area contributed by atoms with Crippen molar-refractivity contribution in [2.24, 2.45) is 5.10 Å². The summed E-state index contributed by atoms with van der Waals surface area (Å²) in [6, 6.07) is 10.2. The molecule has 0 fully saturated rings. The quantitative estimate of drug-likeness (QED) is 0.442. The molecule has 0 unspecified atom stereocenters. The van der Waals surface area contributed by atoms with E-state index in [2.05, 4.69) is 10.5 Å². The van der Waals surface area contributed by atoms with Crippen LogP contribution in [0.15, 0.2) is 52.5 Å². The predicted molar refractivity (Wildman–Crippen MR) is 82.1 cm³/mol. The number of anilines is 1. The van der Waals surface area contributed by atoms with Crippen molar-refractivity contribution in [3.8, 4) is 11.5 Å². The summed E-state index contributed by atoms with van der Waals surface area (Å²) in [4.78, 5) is -0.190. The molecule has 0 aromatic heterocycles. The van der Waals surface area contributed by atoms with Gasteiger partial charge in [0.05, 0.1) is 23.9 Å². The molecule has 0 aliphatic rings. The van der Waals surface area contributed by atoms with Gasteiger partial charge in [0.15, 0.2) is 11.5 Å². The number of aromatic hydroxyl groups is 1. The van der Waals surface area contributed by atoms with Crippen LogP contribution >= 0.6 is 0 Å². The Bertz CT molecular complexity index is 785. The molecule has 0 saturated carbocycles. The number of hydrazone groups is 1. The van der Waals surface area contributed by atoms with Crippen molar-refractivity contribution in [2.75, 3.05) is 12.5 Å². The van der Waals surface area contributed by atoms with E-state index < -0.39 is 10.1 Å². The van der Waals surface area contributed by atoms with E-state index in [1.54, 1.807) is 12.1 Å². The highest BCUT2D eigenvalue weighted by molar-refractivity contribution is 7.85. The zero-order valence-corrected chi connectivity index (χ0v) is 12.4. The number of nitrogens with zero attached hydrogens (tertiary/aromatic N) is 1. The maximum atomic E-state index is 10.9. The van der Waals surface area contributed by atoms with E-state index in [0.29, 0.717) is 17.0 Å². The van der Waals surface area contributed by atoms with Gasteiger partial charge < -0.3 is 9.84 Å². The molecule has 2 aromatic rings. The zero-order valence-electron chi connectivity index (χ0n) is 11.6. The number of ether oxygens (including phenoxy) is 1. The Morgan fingerprint density at radius 2 is 1.86 bits per heavy atom. The van der Waals surface area contributed by atoms with E-state index in [9.17, 15) is 13.5 Å². The van der Waals surface area contributed by atoms with Crippen LogP contribution in [0.5, 0.6) is 11.5 Å². The van der Waals surface area contributed by atoms with E-state index in [-0.39, 0.29) is 10.6 Å². The molecule has 0 saturated heterocycles. The Balaban J connectivity index is 2.06. The lowest BCUT2D eigenvalue weighted by Gasteiger charge is -2.04. The number of phenolic OH excluding ortho intramolecular Hbond substituents is 1. The lowest BCUT2D eigenvalue weighted by molar-refractivity contribution is 0.373. The van der Waals surface area contributed by atoms with Crippen molar-refractivity contribution < 1.29 is 22.8 Å². The van der Waals surface area contributed by atoms with Gasteiger partial charge in [-0.15, -0.1) is 0 Å². The lowest BCUT2D eigenvalue weighted by atomic mass is 10.2. The summed E-state index contributed by atoms with van der Waals surface area (Å²) in [6.07, 6.45) is 1.51. The van der Waals surface area contributed by atoms with Gasteiger partial charge in [-0.2, -0.15) is 13.5 Å². The van der Waals surface area contributed by atoms with Crippen molar-refractivity contribution in [3.05, 3.63) is 48.0 Å². The molecule has 0 bridgehead atoms. The number of hydrogen-bond donors (Lipinski definition) is 3. The van der Waals surface area contributed by atoms with E-state index in [1.165, 1.54) is 43.7 Å². The highest BCUT2D eigenvalue weighted by Gasteiger charge is 2.07. The Labute approximate surface area is 127 Å². The fourth-order valence-electron chi connectivity index (χ4n) is 1.66. The smallest absolute Gasteiger partial charge is 0.294 e. The monoisotopic (exact) mass is 322 g/mol. The molecule has 116 valence electrons. The molecule has 0 atom stereocenters. The molecule has 2 rings (SSSR count). The number of methoxy groups -OCH3 is 1. The third kappa shape index (κ3) is 3.96. The number of benzene rings is 2. The minimum absolute atomic E-state index is 0.0356. The molecule has 7 nitrogen and oxygen atoms in total. The number of hydrogen-bond acceptors (Lipinski definition) is 6. The van der Waals surface area contributed by atoms with Crippen molar-refractivity contribution >= 4 is 22.0 Å². The van der Waals surface area contributed by atoms with Crippen molar-refractivity contribution in [1.29, 1.82) is 0 Å². The molecule has 0 spiro atoms. The predicted octanol–water partition coefficient (Wildman–Crippen LogP) is 2.09. The Morgan fingerprint density at radius 3 is 2.45 bits per heavy atom. The lowest BCUT2D eigenvalue weighted by Crippen LogP contribution is -1.98. The molecule has 2 aromatic carbocycles. The van der Waals surface area contributed by atoms with Gasteiger partial charge in [-0.05, 0) is 48.0 Å². The fourth-order valence-corrected chi connectivity index (χ4v) is 2.14. The van der Waals surface area contributed by atoms with E-state index >= 15 is 0 Å². The molecule has 0 aliphatic carbocycles. The number of rotatable bonds is 5. The van der Waals surface area contributed by atoms with Crippen LogP contribution in [0.2, 0.25) is 0 Å². The first kappa shape index (κ1) is 15.8. The van der Waals surface area contributed by atoms with Gasteiger partial charge in [-0.25, -0.2) is 0 Å². The fraction of sp³-hybridized carbons (Fsp3) is 0.0714. The zero-order chi connectivity index (χ0) is 16.2. The van der Waals surface area contributed by atoms with Crippen molar-refractivity contribution in [2.45, 2.75) is 4.90 Å². The highest BCUT2D eigenvalue weighted by atomic mass is 32.2. The van der Waals surface area contributed by atoms with Crippen LogP contribution in [0, 0.1) is 0 Å². The first-order chi connectivity index (χ1) is 10.4. The molecule has 0 heterocycles. The topological polar surface area (TPSA) is 108 Å². The third-order valence-electron chi connectivity index (χ3n) is 2.76. The van der Waals surface area contributed by atoms with Crippen LogP contribution in [0.1, 0.15) is 5.56 Å². The summed E-state index contributed by atoms with van der Waals surface area (Å²) >= 11 is 0. The number of nitrogens with one attached hydrogen (secondary N) is 1. The normalized spacial score (nSPS) is 11.5. The van der Waals surface area contributed by atoms with Crippen molar-refractivity contribution in [3.63, 3.8) is 0 Å². The molecule has 3 N–H and O–H groups in total. The Kier molecular flexibility index (Phi) is 4.64. The summed E-state index contributed by atoms with van der Waals surface area (Å²) in [5.74, 6) is 0.370. The van der Waals surface area contributed by atoms with Crippen LogP contribution in [0.4, 0.5) is 5.69 Å². The van der Waals surface area contributed by atoms with E-state index in [1.807, 2.05) is 0 Å². The van der Waals surface area contributed by atoms with Crippen LogP contribution in [0.25, 0.3) is 0 Å². The van der Waals surface area contributed by atoms with Gasteiger partial charge in [0.2, 0.25) is 0 Å². The minimum atomic E-state index is -4.20. The minimum Gasteiger partial charge on any atom is -0.504 e. The van der Waals surface area contributed by atoms with Gasteiger partial charge in [-0.1, -0.05) is 0 Å². The maximum absolute atomic E-state index is 10.9. The van der Waals surface area contributed by atoms with Gasteiger partial charge in [-0.3, -0.25) is 9.98 Å². The highest BCUT2D eigenvalue weighted by Crippen LogP contribution is 2.25. The SMILES string of the molecule is COc1cc(C=NNc2ccc(S(=O)(=O)O)cc2)ccc1O. The molecular weight excluding hydrogens is 308 g/mol. The van der Waals surface area contributed by atoms with Gasteiger partial charge in [0.25, 0.3) is 10.1 Å². The largest absolute Gasteiger partial charge is 0.504 e. The molecule has 0 radical (unpaired) electrons. The summed E-state index contributed by atoms with van der Waals surface area (Å²) in [7, 11) is -2.75. The third-order valence-corrected chi connectivity index (χ3v) is 3.63. The van der Waals surface area contributed by atoms with E-state index in [4.69, 9.17) is 9.29 Å². The summed E-state index contributed by atoms with van der Waals surface area (Å²) in [6.45, 7) is 0. The maximum Gasteiger partial charge on any atom is 0.294 e. The second kappa shape index (κ2) is 6.46. The van der Waals surface area contributed by atoms with Crippen LogP contribution in [-0.4, -0.2) is 31.4 Å². The van der Waals surface area contributed by atoms with Gasteiger partial charge in [0.1, 0.15) is 0 Å². The summed E-state index contributed by atoms with van der Waals surface area (Å²) in [5.41, 5.74) is 3.97. The average molecular weight is 322 g/mol. The summed E-state index contributed by atoms with van der Waals surface area (Å²) in [5, 5.41) is 13.5. The molecule has 22 heavy (non-hydrogen) atoms. The summed E-state index contributed by atoms with van der Waals surface area (Å²) < 4.78 is 35.7. The first-order valence-electron chi connectivity index (χ1n) is 6.14. The Morgan fingerprint density at radius 1 is 1.18 bits per heavy atom. The average Bonchev–Trinajstić information content (AvgIpc) is 2.48. The molecular formula is C14H14N2O5S. The molecule has 0 amide bonds.